The van der Waals surface area contributed by atoms with Crippen LogP contribution in [0.3, 0.4) is 0 Å². The van der Waals surface area contributed by atoms with Crippen LogP contribution in [0.5, 0.6) is 0 Å². The van der Waals surface area contributed by atoms with Crippen LogP contribution in [0.4, 0.5) is 0 Å². The molecule has 2 heterocycles. The highest BCUT2D eigenvalue weighted by Crippen LogP contribution is 2.26. The van der Waals surface area contributed by atoms with Crippen molar-refractivity contribution in [1.82, 2.24) is 10.3 Å². The fourth-order valence-corrected chi connectivity index (χ4v) is 2.60. The van der Waals surface area contributed by atoms with Crippen LogP contribution in [-0.2, 0) is 19.4 Å². The van der Waals surface area contributed by atoms with E-state index in [0.717, 1.165) is 43.0 Å². The largest absolute Gasteiger partial charge is 0.461 e. The zero-order valence-corrected chi connectivity index (χ0v) is 12.3. The number of aryl methyl sites for hydroxylation is 1. The minimum absolute atomic E-state index is 0.840. The minimum Gasteiger partial charge on any atom is -0.461 e. The molecule has 0 fully saturated rings. The second-order valence-electron chi connectivity index (χ2n) is 5.10. The monoisotopic (exact) mass is 280 g/mol. The van der Waals surface area contributed by atoms with Crippen LogP contribution in [0, 0.1) is 0 Å². The third-order valence-electron chi connectivity index (χ3n) is 3.69. The third kappa shape index (κ3) is 3.14. The summed E-state index contributed by atoms with van der Waals surface area (Å²) in [6.07, 6.45) is 3.71. The number of para-hydroxylation sites is 1. The third-order valence-corrected chi connectivity index (χ3v) is 3.69. The van der Waals surface area contributed by atoms with Crippen LogP contribution in [0.15, 0.2) is 53.1 Å². The molecule has 3 rings (SSSR count). The molecule has 0 aliphatic heterocycles. The molecule has 0 unspecified atom stereocenters. The van der Waals surface area contributed by atoms with Crippen LogP contribution in [0.2, 0.25) is 0 Å². The van der Waals surface area contributed by atoms with Crippen molar-refractivity contribution in [2.75, 3.05) is 6.54 Å². The van der Waals surface area contributed by atoms with Gasteiger partial charge in [0.05, 0.1) is 0 Å². The zero-order valence-electron chi connectivity index (χ0n) is 12.3. The maximum absolute atomic E-state index is 5.91. The van der Waals surface area contributed by atoms with E-state index in [4.69, 9.17) is 4.42 Å². The summed E-state index contributed by atoms with van der Waals surface area (Å²) >= 11 is 0. The molecule has 21 heavy (non-hydrogen) atoms. The predicted octanol–water partition coefficient (Wildman–Crippen LogP) is 3.72. The average Bonchev–Trinajstić information content (AvgIpc) is 2.90. The Morgan fingerprint density at radius 1 is 1.10 bits per heavy atom. The number of aromatic nitrogens is 1. The van der Waals surface area contributed by atoms with Crippen molar-refractivity contribution in [3.63, 3.8) is 0 Å². The first kappa shape index (κ1) is 13.8. The molecule has 3 aromatic rings. The van der Waals surface area contributed by atoms with Crippen molar-refractivity contribution in [3.8, 4) is 0 Å². The summed E-state index contributed by atoms with van der Waals surface area (Å²) in [4.78, 5) is 4.34. The van der Waals surface area contributed by atoms with Gasteiger partial charge in [0.25, 0.3) is 0 Å². The van der Waals surface area contributed by atoms with Gasteiger partial charge in [-0.3, -0.25) is 4.98 Å². The summed E-state index contributed by atoms with van der Waals surface area (Å²) in [7, 11) is 0. The van der Waals surface area contributed by atoms with Gasteiger partial charge in [0, 0.05) is 48.8 Å². The smallest absolute Gasteiger partial charge is 0.134 e. The van der Waals surface area contributed by atoms with Gasteiger partial charge in [0.15, 0.2) is 0 Å². The second-order valence-corrected chi connectivity index (χ2v) is 5.10. The highest BCUT2D eigenvalue weighted by Gasteiger charge is 2.11. The molecule has 0 radical (unpaired) electrons. The van der Waals surface area contributed by atoms with Crippen molar-refractivity contribution in [2.45, 2.75) is 26.3 Å². The van der Waals surface area contributed by atoms with E-state index in [1.165, 1.54) is 10.9 Å². The number of benzene rings is 1. The highest BCUT2D eigenvalue weighted by molar-refractivity contribution is 5.82. The molecule has 0 saturated carbocycles. The highest BCUT2D eigenvalue weighted by atomic mass is 16.3. The lowest BCUT2D eigenvalue weighted by atomic mass is 10.1. The van der Waals surface area contributed by atoms with Gasteiger partial charge in [-0.25, -0.2) is 0 Å². The number of pyridine rings is 1. The fourth-order valence-electron chi connectivity index (χ4n) is 2.60. The predicted molar refractivity (Wildman–Crippen MR) is 85.2 cm³/mol. The Kier molecular flexibility index (Phi) is 4.31. The molecular formula is C18H20N2O. The molecule has 1 N–H and O–H groups in total. The van der Waals surface area contributed by atoms with Gasteiger partial charge in [0.1, 0.15) is 11.3 Å². The molecule has 0 saturated heterocycles. The Morgan fingerprint density at radius 2 is 1.95 bits per heavy atom. The molecule has 0 aliphatic carbocycles. The summed E-state index contributed by atoms with van der Waals surface area (Å²) in [6.45, 7) is 3.89. The molecule has 0 spiro atoms. The van der Waals surface area contributed by atoms with Gasteiger partial charge in [-0.15, -0.1) is 0 Å². The number of nitrogens with one attached hydrogen (secondary N) is 1. The molecule has 0 aliphatic rings. The summed E-state index contributed by atoms with van der Waals surface area (Å²) in [6, 6.07) is 14.3. The van der Waals surface area contributed by atoms with E-state index >= 15 is 0 Å². The van der Waals surface area contributed by atoms with Gasteiger partial charge in [-0.2, -0.15) is 0 Å². The molecule has 2 aromatic heterocycles. The van der Waals surface area contributed by atoms with Gasteiger partial charge >= 0.3 is 0 Å². The Morgan fingerprint density at radius 3 is 2.76 bits per heavy atom. The molecule has 3 heteroatoms. The first-order chi connectivity index (χ1) is 10.4. The van der Waals surface area contributed by atoms with Crippen molar-refractivity contribution in [1.29, 1.82) is 0 Å². The van der Waals surface area contributed by atoms with Gasteiger partial charge in [0.2, 0.25) is 0 Å². The van der Waals surface area contributed by atoms with Crippen LogP contribution in [-0.4, -0.2) is 11.5 Å². The fraction of sp³-hybridized carbons (Fsp3) is 0.278. The zero-order chi connectivity index (χ0) is 14.5. The summed E-state index contributed by atoms with van der Waals surface area (Å²) < 4.78 is 5.91. The Hall–Kier alpha value is -2.13. The molecule has 0 atom stereocenters. The molecule has 1 aromatic carbocycles. The number of hydrogen-bond acceptors (Lipinski definition) is 3. The maximum Gasteiger partial charge on any atom is 0.134 e. The molecular weight excluding hydrogens is 260 g/mol. The lowest BCUT2D eigenvalue weighted by molar-refractivity contribution is 0.544. The van der Waals surface area contributed by atoms with E-state index < -0.39 is 0 Å². The summed E-state index contributed by atoms with van der Waals surface area (Å²) in [5.74, 6) is 1.08. The molecule has 0 amide bonds. The number of hydrogen-bond donors (Lipinski definition) is 1. The average molecular weight is 280 g/mol. The lowest BCUT2D eigenvalue weighted by Crippen LogP contribution is -2.17. The van der Waals surface area contributed by atoms with Crippen molar-refractivity contribution >= 4 is 11.0 Å². The Labute approximate surface area is 125 Å². The number of fused-ring (bicyclic) bond motifs is 1. The van der Waals surface area contributed by atoms with E-state index in [0.29, 0.717) is 0 Å². The SMILES string of the molecule is CCc1oc2ccccc2c1CNCCc1ccccn1. The Bertz CT molecular complexity index is 704. The first-order valence-electron chi connectivity index (χ1n) is 7.48. The molecule has 3 nitrogen and oxygen atoms in total. The topological polar surface area (TPSA) is 38.1 Å². The number of nitrogens with zero attached hydrogens (tertiary/aromatic N) is 1. The standard InChI is InChI=1S/C18H20N2O/c1-2-17-16(15-8-3-4-9-18(15)21-17)13-19-12-10-14-7-5-6-11-20-14/h3-9,11,19H,2,10,12-13H2,1H3. The van der Waals surface area contributed by atoms with E-state index in [9.17, 15) is 0 Å². The van der Waals surface area contributed by atoms with E-state index in [1.807, 2.05) is 30.5 Å². The van der Waals surface area contributed by atoms with Gasteiger partial charge in [-0.1, -0.05) is 31.2 Å². The van der Waals surface area contributed by atoms with Crippen molar-refractivity contribution < 1.29 is 4.42 Å². The molecule has 0 bridgehead atoms. The van der Waals surface area contributed by atoms with Crippen LogP contribution in [0.25, 0.3) is 11.0 Å². The van der Waals surface area contributed by atoms with Crippen molar-refractivity contribution in [2.24, 2.45) is 0 Å². The van der Waals surface area contributed by atoms with Crippen LogP contribution >= 0.6 is 0 Å². The second kappa shape index (κ2) is 6.55. The van der Waals surface area contributed by atoms with E-state index in [2.05, 4.69) is 35.4 Å². The molecule has 108 valence electrons. The quantitative estimate of drug-likeness (QED) is 0.699. The van der Waals surface area contributed by atoms with E-state index in [-0.39, 0.29) is 0 Å². The number of rotatable bonds is 6. The van der Waals surface area contributed by atoms with Crippen molar-refractivity contribution in [3.05, 3.63) is 65.7 Å². The van der Waals surface area contributed by atoms with Gasteiger partial charge < -0.3 is 9.73 Å². The van der Waals surface area contributed by atoms with E-state index in [1.54, 1.807) is 0 Å². The minimum atomic E-state index is 0.840. The van der Waals surface area contributed by atoms with Crippen LogP contribution < -0.4 is 5.32 Å². The Balaban J connectivity index is 1.65. The van der Waals surface area contributed by atoms with Gasteiger partial charge in [-0.05, 0) is 18.2 Å². The maximum atomic E-state index is 5.91. The summed E-state index contributed by atoms with van der Waals surface area (Å²) in [5, 5.41) is 4.73. The summed E-state index contributed by atoms with van der Waals surface area (Å²) in [5.41, 5.74) is 3.39. The first-order valence-corrected chi connectivity index (χ1v) is 7.48. The van der Waals surface area contributed by atoms with Crippen LogP contribution in [0.1, 0.15) is 23.9 Å². The number of furan rings is 1. The normalized spacial score (nSPS) is 11.1. The lowest BCUT2D eigenvalue weighted by Gasteiger charge is -2.05.